The van der Waals surface area contributed by atoms with Gasteiger partial charge in [-0.15, -0.1) is 0 Å². The van der Waals surface area contributed by atoms with Gasteiger partial charge < -0.3 is 4.74 Å². The van der Waals surface area contributed by atoms with Gasteiger partial charge in [0.05, 0.1) is 17.1 Å². The third-order valence-electron chi connectivity index (χ3n) is 3.87. The fraction of sp³-hybridized carbons (Fsp3) is 0.562. The van der Waals surface area contributed by atoms with Crippen LogP contribution in [0.15, 0.2) is 29.2 Å². The maximum absolute atomic E-state index is 12.8. The molecule has 0 bridgehead atoms. The molecule has 1 unspecified atom stereocenters. The molecule has 0 aromatic heterocycles. The van der Waals surface area contributed by atoms with Gasteiger partial charge in [-0.1, -0.05) is 19.1 Å². The van der Waals surface area contributed by atoms with Gasteiger partial charge in [0.2, 0.25) is 10.0 Å². The molecule has 0 amide bonds. The van der Waals surface area contributed by atoms with Crippen LogP contribution < -0.4 is 0 Å². The highest BCUT2D eigenvalue weighted by atomic mass is 32.2. The maximum Gasteiger partial charge on any atom is 0.243 e. The number of ether oxygens (including phenoxy) is 1. The summed E-state index contributed by atoms with van der Waals surface area (Å²) in [6, 6.07) is 8.97. The minimum atomic E-state index is -3.58. The van der Waals surface area contributed by atoms with E-state index in [0.717, 1.165) is 24.8 Å². The fourth-order valence-electron chi connectivity index (χ4n) is 2.55. The van der Waals surface area contributed by atoms with Crippen molar-refractivity contribution in [1.82, 2.24) is 4.31 Å². The van der Waals surface area contributed by atoms with Gasteiger partial charge in [0.15, 0.2) is 0 Å². The van der Waals surface area contributed by atoms with E-state index in [1.807, 2.05) is 25.1 Å². The summed E-state index contributed by atoms with van der Waals surface area (Å²) in [5.41, 5.74) is 1.10. The van der Waals surface area contributed by atoms with Crippen LogP contribution in [-0.2, 0) is 21.2 Å². The lowest BCUT2D eigenvalue weighted by atomic mass is 10.2. The van der Waals surface area contributed by atoms with Crippen molar-refractivity contribution in [2.45, 2.75) is 43.6 Å². The molecule has 0 spiro atoms. The van der Waals surface area contributed by atoms with E-state index in [2.05, 4.69) is 0 Å². The number of nitriles is 1. The van der Waals surface area contributed by atoms with Gasteiger partial charge >= 0.3 is 0 Å². The van der Waals surface area contributed by atoms with Crippen LogP contribution in [0.3, 0.4) is 0 Å². The number of hydrogen-bond donors (Lipinski definition) is 0. The molecule has 120 valence electrons. The third-order valence-corrected chi connectivity index (χ3v) is 5.75. The molecule has 5 nitrogen and oxygen atoms in total. The molecule has 1 aliphatic rings. The van der Waals surface area contributed by atoms with E-state index in [4.69, 9.17) is 10.00 Å². The van der Waals surface area contributed by atoms with E-state index in [-0.39, 0.29) is 24.0 Å². The standard InChI is InChI=1S/C16H22N2O3S/c1-2-14-6-8-16(9-7-14)22(19,20)18(11-4-10-17)13-15-5-3-12-21-15/h6-9,15H,2-5,11-13H2,1H3. The van der Waals surface area contributed by atoms with Gasteiger partial charge in [-0.25, -0.2) is 8.42 Å². The number of aryl methyl sites for hydroxylation is 1. The van der Waals surface area contributed by atoms with E-state index in [0.29, 0.717) is 13.2 Å². The van der Waals surface area contributed by atoms with Crippen molar-refractivity contribution in [2.75, 3.05) is 19.7 Å². The summed E-state index contributed by atoms with van der Waals surface area (Å²) in [6.07, 6.45) is 2.81. The first kappa shape index (κ1) is 16.9. The number of sulfonamides is 1. The normalized spacial score (nSPS) is 18.5. The van der Waals surface area contributed by atoms with Crippen molar-refractivity contribution < 1.29 is 13.2 Å². The first-order valence-corrected chi connectivity index (χ1v) is 9.09. The summed E-state index contributed by atoms with van der Waals surface area (Å²) < 4.78 is 32.5. The van der Waals surface area contributed by atoms with Crippen LogP contribution in [-0.4, -0.2) is 38.5 Å². The van der Waals surface area contributed by atoms with Crippen LogP contribution in [0.4, 0.5) is 0 Å². The SMILES string of the molecule is CCc1ccc(S(=O)(=O)N(CCC#N)CC2CCCO2)cc1. The van der Waals surface area contributed by atoms with Crippen LogP contribution in [0.5, 0.6) is 0 Å². The molecule has 6 heteroatoms. The summed E-state index contributed by atoms with van der Waals surface area (Å²) >= 11 is 0. The molecule has 22 heavy (non-hydrogen) atoms. The van der Waals surface area contributed by atoms with Crippen molar-refractivity contribution >= 4 is 10.0 Å². The molecule has 1 aromatic carbocycles. The summed E-state index contributed by atoms with van der Waals surface area (Å²) in [5.74, 6) is 0. The Morgan fingerprint density at radius 3 is 2.64 bits per heavy atom. The Bertz CT molecular complexity index is 614. The van der Waals surface area contributed by atoms with E-state index in [1.54, 1.807) is 12.1 Å². The van der Waals surface area contributed by atoms with E-state index >= 15 is 0 Å². The maximum atomic E-state index is 12.8. The van der Waals surface area contributed by atoms with Crippen molar-refractivity contribution in [3.8, 4) is 6.07 Å². The average Bonchev–Trinajstić information content (AvgIpc) is 3.04. The summed E-state index contributed by atoms with van der Waals surface area (Å²) in [4.78, 5) is 0.278. The zero-order valence-corrected chi connectivity index (χ0v) is 13.7. The highest BCUT2D eigenvalue weighted by Crippen LogP contribution is 2.21. The number of benzene rings is 1. The molecule has 0 radical (unpaired) electrons. The lowest BCUT2D eigenvalue weighted by molar-refractivity contribution is 0.0941. The molecular formula is C16H22N2O3S. The predicted molar refractivity (Wildman–Crippen MR) is 83.8 cm³/mol. The zero-order chi connectivity index (χ0) is 16.0. The second kappa shape index (κ2) is 7.73. The van der Waals surface area contributed by atoms with Crippen molar-refractivity contribution in [3.05, 3.63) is 29.8 Å². The van der Waals surface area contributed by atoms with Crippen LogP contribution in [0, 0.1) is 11.3 Å². The predicted octanol–water partition coefficient (Wildman–Crippen LogP) is 2.33. The Hall–Kier alpha value is -1.42. The smallest absolute Gasteiger partial charge is 0.243 e. The summed E-state index contributed by atoms with van der Waals surface area (Å²) in [5, 5.41) is 8.78. The average molecular weight is 322 g/mol. The monoisotopic (exact) mass is 322 g/mol. The third kappa shape index (κ3) is 4.07. The van der Waals surface area contributed by atoms with Crippen molar-refractivity contribution in [2.24, 2.45) is 0 Å². The Labute approximate surface area is 132 Å². The second-order valence-electron chi connectivity index (χ2n) is 5.40. The largest absolute Gasteiger partial charge is 0.377 e. The molecule has 1 atom stereocenters. The Morgan fingerprint density at radius 1 is 1.36 bits per heavy atom. The quantitative estimate of drug-likeness (QED) is 0.772. The molecule has 0 aliphatic carbocycles. The summed E-state index contributed by atoms with van der Waals surface area (Å²) in [6.45, 7) is 3.23. The molecule has 1 aromatic rings. The molecule has 2 rings (SSSR count). The molecule has 1 heterocycles. The fourth-order valence-corrected chi connectivity index (χ4v) is 4.02. The zero-order valence-electron chi connectivity index (χ0n) is 12.9. The van der Waals surface area contributed by atoms with E-state index in [9.17, 15) is 8.42 Å². The molecule has 0 saturated carbocycles. The van der Waals surface area contributed by atoms with Gasteiger partial charge in [0.1, 0.15) is 0 Å². The van der Waals surface area contributed by atoms with Gasteiger partial charge in [-0.2, -0.15) is 9.57 Å². The highest BCUT2D eigenvalue weighted by Gasteiger charge is 2.28. The lowest BCUT2D eigenvalue weighted by Crippen LogP contribution is -2.38. The molecule has 1 aliphatic heterocycles. The lowest BCUT2D eigenvalue weighted by Gasteiger charge is -2.24. The minimum absolute atomic E-state index is 0.0663. The van der Waals surface area contributed by atoms with E-state index < -0.39 is 10.0 Å². The first-order valence-electron chi connectivity index (χ1n) is 7.65. The Balaban J connectivity index is 2.20. The van der Waals surface area contributed by atoms with Crippen molar-refractivity contribution in [3.63, 3.8) is 0 Å². The molecule has 1 fully saturated rings. The minimum Gasteiger partial charge on any atom is -0.377 e. The summed E-state index contributed by atoms with van der Waals surface area (Å²) in [7, 11) is -3.58. The molecule has 1 saturated heterocycles. The van der Waals surface area contributed by atoms with Gasteiger partial charge in [-0.3, -0.25) is 0 Å². The Kier molecular flexibility index (Phi) is 5.95. The second-order valence-corrected chi connectivity index (χ2v) is 7.34. The van der Waals surface area contributed by atoms with E-state index in [1.165, 1.54) is 4.31 Å². The molecular weight excluding hydrogens is 300 g/mol. The molecule has 0 N–H and O–H groups in total. The number of hydrogen-bond acceptors (Lipinski definition) is 4. The van der Waals surface area contributed by atoms with Gasteiger partial charge in [0.25, 0.3) is 0 Å². The van der Waals surface area contributed by atoms with Crippen LogP contribution in [0.25, 0.3) is 0 Å². The van der Waals surface area contributed by atoms with Crippen molar-refractivity contribution in [1.29, 1.82) is 5.26 Å². The Morgan fingerprint density at radius 2 is 2.09 bits per heavy atom. The number of rotatable bonds is 7. The van der Waals surface area contributed by atoms with Crippen LogP contribution in [0.2, 0.25) is 0 Å². The highest BCUT2D eigenvalue weighted by molar-refractivity contribution is 7.89. The van der Waals surface area contributed by atoms with Gasteiger partial charge in [0, 0.05) is 26.1 Å². The first-order chi connectivity index (χ1) is 10.6. The topological polar surface area (TPSA) is 70.4 Å². The van der Waals surface area contributed by atoms with Crippen LogP contribution in [0.1, 0.15) is 31.7 Å². The number of nitrogens with zero attached hydrogens (tertiary/aromatic N) is 2. The van der Waals surface area contributed by atoms with Crippen LogP contribution >= 0.6 is 0 Å². The van der Waals surface area contributed by atoms with Gasteiger partial charge in [-0.05, 0) is 37.0 Å².